The van der Waals surface area contributed by atoms with Crippen LogP contribution < -0.4 is 10.6 Å². The lowest BCUT2D eigenvalue weighted by atomic mass is 9.95. The van der Waals surface area contributed by atoms with E-state index in [0.717, 1.165) is 13.0 Å². The number of amides is 1. The van der Waals surface area contributed by atoms with Crippen LogP contribution in [-0.2, 0) is 17.8 Å². The fraction of sp³-hybridized carbons (Fsp3) is 0.500. The molecule has 0 radical (unpaired) electrons. The molecule has 2 atom stereocenters. The van der Waals surface area contributed by atoms with Crippen LogP contribution in [0.3, 0.4) is 0 Å². The third kappa shape index (κ3) is 2.89. The van der Waals surface area contributed by atoms with Crippen molar-refractivity contribution in [1.29, 1.82) is 0 Å². The van der Waals surface area contributed by atoms with Crippen molar-refractivity contribution >= 4 is 5.91 Å². The molecule has 3 N–H and O–H groups in total. The number of rotatable bonds is 4. The molecule has 0 aromatic heterocycles. The molecule has 0 bridgehead atoms. The molecule has 18 heavy (non-hydrogen) atoms. The molecule has 1 aromatic rings. The van der Waals surface area contributed by atoms with Gasteiger partial charge in [-0.25, -0.2) is 0 Å². The molecule has 0 aliphatic carbocycles. The number of nitrogens with one attached hydrogen (secondary N) is 2. The molecule has 1 aliphatic rings. The van der Waals surface area contributed by atoms with E-state index in [0.29, 0.717) is 6.42 Å². The Bertz CT molecular complexity index is 416. The summed E-state index contributed by atoms with van der Waals surface area (Å²) in [6.07, 6.45) is 1.45. The highest BCUT2D eigenvalue weighted by molar-refractivity contribution is 5.82. The molecular formula is C14H20N2O2. The zero-order chi connectivity index (χ0) is 13.0. The summed E-state index contributed by atoms with van der Waals surface area (Å²) in [6.45, 7) is 2.67. The van der Waals surface area contributed by atoms with E-state index in [-0.39, 0.29) is 24.6 Å². The van der Waals surface area contributed by atoms with Crippen molar-refractivity contribution in [2.24, 2.45) is 0 Å². The van der Waals surface area contributed by atoms with Gasteiger partial charge in [0.2, 0.25) is 5.91 Å². The summed E-state index contributed by atoms with van der Waals surface area (Å²) in [6, 6.07) is 7.83. The van der Waals surface area contributed by atoms with Gasteiger partial charge in [0.25, 0.3) is 0 Å². The van der Waals surface area contributed by atoms with Gasteiger partial charge in [0.15, 0.2) is 0 Å². The smallest absolute Gasteiger partial charge is 0.237 e. The number of aliphatic hydroxyl groups is 1. The summed E-state index contributed by atoms with van der Waals surface area (Å²) in [5, 5.41) is 15.2. The average Bonchev–Trinajstić information content (AvgIpc) is 2.44. The van der Waals surface area contributed by atoms with Crippen molar-refractivity contribution in [2.45, 2.75) is 38.4 Å². The van der Waals surface area contributed by atoms with E-state index >= 15 is 0 Å². The molecule has 0 saturated carbocycles. The Morgan fingerprint density at radius 3 is 2.89 bits per heavy atom. The molecule has 0 fully saturated rings. The highest BCUT2D eigenvalue weighted by atomic mass is 16.3. The van der Waals surface area contributed by atoms with Gasteiger partial charge in [0.05, 0.1) is 18.7 Å². The van der Waals surface area contributed by atoms with E-state index in [4.69, 9.17) is 5.11 Å². The largest absolute Gasteiger partial charge is 0.394 e. The SMILES string of the molecule is CC[C@@H](CO)NC(=O)[C@H]1Cc2ccccc2CN1. The van der Waals surface area contributed by atoms with Crippen LogP contribution in [0.15, 0.2) is 24.3 Å². The average molecular weight is 248 g/mol. The Hall–Kier alpha value is -1.39. The highest BCUT2D eigenvalue weighted by Crippen LogP contribution is 2.16. The number of fused-ring (bicyclic) bond motifs is 1. The first-order valence-corrected chi connectivity index (χ1v) is 6.46. The number of aliphatic hydroxyl groups excluding tert-OH is 1. The van der Waals surface area contributed by atoms with Crippen molar-refractivity contribution in [2.75, 3.05) is 6.61 Å². The Morgan fingerprint density at radius 1 is 1.50 bits per heavy atom. The normalized spacial score (nSPS) is 20.0. The van der Waals surface area contributed by atoms with E-state index in [1.54, 1.807) is 0 Å². The summed E-state index contributed by atoms with van der Waals surface area (Å²) in [4.78, 5) is 12.1. The zero-order valence-corrected chi connectivity index (χ0v) is 10.6. The summed E-state index contributed by atoms with van der Waals surface area (Å²) in [5.74, 6) is -0.0228. The van der Waals surface area contributed by atoms with Crippen molar-refractivity contribution in [3.8, 4) is 0 Å². The Morgan fingerprint density at radius 2 is 2.22 bits per heavy atom. The maximum atomic E-state index is 12.1. The highest BCUT2D eigenvalue weighted by Gasteiger charge is 2.24. The Balaban J connectivity index is 1.98. The molecule has 4 nitrogen and oxygen atoms in total. The second kappa shape index (κ2) is 5.98. The van der Waals surface area contributed by atoms with Gasteiger partial charge in [-0.1, -0.05) is 31.2 Å². The van der Waals surface area contributed by atoms with Crippen molar-refractivity contribution in [3.63, 3.8) is 0 Å². The van der Waals surface area contributed by atoms with Gasteiger partial charge >= 0.3 is 0 Å². The predicted octanol–water partition coefficient (Wildman–Crippen LogP) is 0.588. The molecule has 2 rings (SSSR count). The minimum absolute atomic E-state index is 0.00839. The molecule has 1 aromatic carbocycles. The number of carbonyl (C=O) groups is 1. The maximum absolute atomic E-state index is 12.1. The molecule has 98 valence electrons. The third-order valence-electron chi connectivity index (χ3n) is 3.46. The maximum Gasteiger partial charge on any atom is 0.237 e. The standard InChI is InChI=1S/C14H20N2O2/c1-2-12(9-17)16-14(18)13-7-10-5-3-4-6-11(10)8-15-13/h3-6,12-13,15,17H,2,7-9H2,1H3,(H,16,18)/t12-,13+/m0/s1. The van der Waals surface area contributed by atoms with Crippen LogP contribution in [-0.4, -0.2) is 29.7 Å². The van der Waals surface area contributed by atoms with Crippen LogP contribution >= 0.6 is 0 Å². The predicted molar refractivity (Wildman–Crippen MR) is 70.1 cm³/mol. The first-order valence-electron chi connectivity index (χ1n) is 6.46. The molecule has 0 spiro atoms. The monoisotopic (exact) mass is 248 g/mol. The van der Waals surface area contributed by atoms with Crippen molar-refractivity contribution < 1.29 is 9.90 Å². The van der Waals surface area contributed by atoms with Crippen LogP contribution in [0.1, 0.15) is 24.5 Å². The van der Waals surface area contributed by atoms with E-state index in [1.165, 1.54) is 11.1 Å². The fourth-order valence-corrected chi connectivity index (χ4v) is 2.22. The summed E-state index contributed by atoms with van der Waals surface area (Å²) in [7, 11) is 0. The zero-order valence-electron chi connectivity index (χ0n) is 10.6. The second-order valence-electron chi connectivity index (χ2n) is 4.70. The van der Waals surface area contributed by atoms with E-state index < -0.39 is 0 Å². The number of benzene rings is 1. The van der Waals surface area contributed by atoms with Gasteiger partial charge in [-0.05, 0) is 24.0 Å². The number of hydrogen-bond acceptors (Lipinski definition) is 3. The van der Waals surface area contributed by atoms with Crippen LogP contribution in [0.25, 0.3) is 0 Å². The fourth-order valence-electron chi connectivity index (χ4n) is 2.22. The molecule has 1 amide bonds. The van der Waals surface area contributed by atoms with Gasteiger partial charge < -0.3 is 15.7 Å². The second-order valence-corrected chi connectivity index (χ2v) is 4.70. The van der Waals surface area contributed by atoms with Gasteiger partial charge in [-0.15, -0.1) is 0 Å². The minimum Gasteiger partial charge on any atom is -0.394 e. The molecule has 1 heterocycles. The first-order chi connectivity index (χ1) is 8.74. The van der Waals surface area contributed by atoms with Crippen molar-refractivity contribution in [1.82, 2.24) is 10.6 Å². The lowest BCUT2D eigenvalue weighted by molar-refractivity contribution is -0.124. The lowest BCUT2D eigenvalue weighted by Gasteiger charge is -2.26. The quantitative estimate of drug-likeness (QED) is 0.731. The minimum atomic E-state index is -0.194. The number of hydrogen-bond donors (Lipinski definition) is 3. The summed E-state index contributed by atoms with van der Waals surface area (Å²) >= 11 is 0. The molecular weight excluding hydrogens is 228 g/mol. The van der Waals surface area contributed by atoms with E-state index in [2.05, 4.69) is 22.8 Å². The molecule has 0 unspecified atom stereocenters. The Kier molecular flexibility index (Phi) is 4.33. The van der Waals surface area contributed by atoms with Crippen LogP contribution in [0.5, 0.6) is 0 Å². The van der Waals surface area contributed by atoms with Crippen molar-refractivity contribution in [3.05, 3.63) is 35.4 Å². The third-order valence-corrected chi connectivity index (χ3v) is 3.46. The van der Waals surface area contributed by atoms with Gasteiger partial charge in [0, 0.05) is 6.54 Å². The summed E-state index contributed by atoms with van der Waals surface area (Å²) < 4.78 is 0. The van der Waals surface area contributed by atoms with Gasteiger partial charge in [-0.3, -0.25) is 4.79 Å². The molecule has 0 saturated heterocycles. The number of carbonyl (C=O) groups excluding carboxylic acids is 1. The first kappa shape index (κ1) is 13.1. The summed E-state index contributed by atoms with van der Waals surface area (Å²) in [5.41, 5.74) is 2.49. The van der Waals surface area contributed by atoms with Crippen LogP contribution in [0.4, 0.5) is 0 Å². The van der Waals surface area contributed by atoms with E-state index in [1.807, 2.05) is 19.1 Å². The van der Waals surface area contributed by atoms with Gasteiger partial charge in [0.1, 0.15) is 0 Å². The molecule has 1 aliphatic heterocycles. The van der Waals surface area contributed by atoms with Crippen LogP contribution in [0, 0.1) is 0 Å². The molecule has 4 heteroatoms. The van der Waals surface area contributed by atoms with Crippen LogP contribution in [0.2, 0.25) is 0 Å². The van der Waals surface area contributed by atoms with E-state index in [9.17, 15) is 4.79 Å². The van der Waals surface area contributed by atoms with Gasteiger partial charge in [-0.2, -0.15) is 0 Å². The topological polar surface area (TPSA) is 61.4 Å². The Labute approximate surface area is 107 Å². The lowest BCUT2D eigenvalue weighted by Crippen LogP contribution is -2.51.